The van der Waals surface area contributed by atoms with Gasteiger partial charge in [0.25, 0.3) is 0 Å². The standard InChI is InChI=1S/C35H18N14O3/c50-33-36-19-5-13-15(7-21(19)38-33)29-45-27(13)43-25-11-3-1-2-4-12(11)26(42-25)44-28-14-6-20-22(39-34(51)37-20)8-16(14)30(46-28)48-32-18-10-24-23(40-35(52)41-24)9-17(18)31(47-29)49-32/h1-10H,(H2,36,38,50)(H2,37,39,51)(H2,40,41,52)(H2,42,43,44,45,46,47,48,49). The van der Waals surface area contributed by atoms with Crippen molar-refractivity contribution in [2.24, 2.45) is 0 Å². The summed E-state index contributed by atoms with van der Waals surface area (Å²) in [5, 5.41) is 2.93. The van der Waals surface area contributed by atoms with Crippen molar-refractivity contribution in [1.29, 1.82) is 0 Å². The number of aromatic amines is 8. The van der Waals surface area contributed by atoms with Crippen molar-refractivity contribution in [2.45, 2.75) is 0 Å². The average molecular weight is 683 g/mol. The zero-order chi connectivity index (χ0) is 34.4. The van der Waals surface area contributed by atoms with Gasteiger partial charge >= 0.3 is 17.1 Å². The molecule has 4 aromatic carbocycles. The van der Waals surface area contributed by atoms with Gasteiger partial charge in [0.05, 0.1) is 33.1 Å². The number of nitrogens with zero attached hydrogens (tertiary/aromatic N) is 6. The molecule has 0 radical (unpaired) electrons. The van der Waals surface area contributed by atoms with Crippen molar-refractivity contribution in [1.82, 2.24) is 69.8 Å². The van der Waals surface area contributed by atoms with Crippen molar-refractivity contribution in [3.63, 3.8) is 0 Å². The second kappa shape index (κ2) is 9.18. The van der Waals surface area contributed by atoms with Crippen LogP contribution in [0, 0.1) is 0 Å². The Morgan fingerprint density at radius 1 is 0.327 bits per heavy atom. The van der Waals surface area contributed by atoms with E-state index in [4.69, 9.17) is 29.9 Å². The third kappa shape index (κ3) is 3.66. The van der Waals surface area contributed by atoms with Crippen LogP contribution >= 0.6 is 0 Å². The van der Waals surface area contributed by atoms with E-state index < -0.39 is 0 Å². The number of hydrogen-bond acceptors (Lipinski definition) is 9. The number of nitrogens with one attached hydrogen (secondary N) is 8. The van der Waals surface area contributed by atoms with E-state index in [0.717, 1.165) is 10.8 Å². The van der Waals surface area contributed by atoms with Crippen LogP contribution in [0.15, 0.2) is 75.0 Å². The Bertz CT molecular complexity index is 3390. The van der Waals surface area contributed by atoms with E-state index in [0.29, 0.717) is 112 Å². The predicted molar refractivity (Wildman–Crippen MR) is 193 cm³/mol. The zero-order valence-corrected chi connectivity index (χ0v) is 26.2. The first-order valence-corrected chi connectivity index (χ1v) is 16.1. The number of H-pyrrole nitrogens is 8. The minimum absolute atomic E-state index is 0.339. The molecule has 0 saturated carbocycles. The number of hydrogen-bond donors (Lipinski definition) is 8. The van der Waals surface area contributed by atoms with E-state index >= 15 is 0 Å². The molecule has 0 saturated heterocycles. The molecule has 8 heterocycles. The summed E-state index contributed by atoms with van der Waals surface area (Å²) in [7, 11) is 0. The summed E-state index contributed by atoms with van der Waals surface area (Å²) in [4.78, 5) is 90.6. The van der Waals surface area contributed by atoms with Gasteiger partial charge < -0.3 is 39.9 Å². The van der Waals surface area contributed by atoms with Crippen LogP contribution in [-0.4, -0.2) is 69.8 Å². The number of imidazole rings is 3. The molecule has 8 N–H and O–H groups in total. The van der Waals surface area contributed by atoms with Crippen LogP contribution in [-0.2, 0) is 0 Å². The van der Waals surface area contributed by atoms with E-state index in [1.165, 1.54) is 0 Å². The van der Waals surface area contributed by atoms with Gasteiger partial charge in [0.1, 0.15) is 22.6 Å². The lowest BCUT2D eigenvalue weighted by Gasteiger charge is -1.99. The number of benzene rings is 4. The Hall–Kier alpha value is -7.95. The monoisotopic (exact) mass is 682 g/mol. The quantitative estimate of drug-likeness (QED) is 0.113. The van der Waals surface area contributed by atoms with E-state index in [-0.39, 0.29) is 17.1 Å². The summed E-state index contributed by atoms with van der Waals surface area (Å²) >= 11 is 0. The molecule has 8 bridgehead atoms. The molecule has 12 rings (SSSR count). The second-order valence-electron chi connectivity index (χ2n) is 12.7. The molecule has 0 fully saturated rings. The van der Waals surface area contributed by atoms with Crippen molar-refractivity contribution in [3.8, 4) is 45.6 Å². The van der Waals surface area contributed by atoms with Crippen molar-refractivity contribution < 1.29 is 0 Å². The van der Waals surface area contributed by atoms with Crippen LogP contribution in [0.1, 0.15) is 0 Å². The predicted octanol–water partition coefficient (Wildman–Crippen LogP) is 4.38. The van der Waals surface area contributed by atoms with Gasteiger partial charge in [-0.25, -0.2) is 44.3 Å². The smallest absolute Gasteiger partial charge is 0.323 e. The normalized spacial score (nSPS) is 12.5. The molecular weight excluding hydrogens is 664 g/mol. The molecule has 0 amide bonds. The molecule has 10 aromatic rings. The molecule has 0 unspecified atom stereocenters. The second-order valence-corrected chi connectivity index (χ2v) is 12.7. The SMILES string of the molecule is O=c1[nH]c2cc3c(cc2[nH]1)-c1nc-3nc2[nH]c(nc3nc(nc4[nH]c(n1)c1cc5[nH]c(=O)[nH]c5cc41)-c1cc4[nH]c(=O)[nH]c4cc1-3)c1ccccc21. The molecule has 6 aromatic heterocycles. The Balaban J connectivity index is 1.29. The van der Waals surface area contributed by atoms with E-state index in [1.807, 2.05) is 60.7 Å². The number of fused-ring (bicyclic) bond motifs is 23. The maximum absolute atomic E-state index is 12.3. The summed E-state index contributed by atoms with van der Waals surface area (Å²) in [6, 6.07) is 18.7. The Labute approximate surface area is 284 Å². The molecular formula is C35H18N14O3. The summed E-state index contributed by atoms with van der Waals surface area (Å²) in [6.45, 7) is 0. The molecule has 246 valence electrons. The van der Waals surface area contributed by atoms with Gasteiger partial charge in [-0.1, -0.05) is 24.3 Å². The minimum Gasteiger partial charge on any atom is -0.324 e. The molecule has 0 atom stereocenters. The maximum Gasteiger partial charge on any atom is 0.323 e. The lowest BCUT2D eigenvalue weighted by atomic mass is 10.1. The molecule has 17 heteroatoms. The Kier molecular flexibility index (Phi) is 4.76. The lowest BCUT2D eigenvalue weighted by molar-refractivity contribution is 1.19. The summed E-state index contributed by atoms with van der Waals surface area (Å²) in [5.41, 5.74) is 7.01. The molecule has 17 nitrogen and oxygen atoms in total. The largest absolute Gasteiger partial charge is 0.324 e. The highest BCUT2D eigenvalue weighted by molar-refractivity contribution is 6.10. The molecule has 0 spiro atoms. The van der Waals surface area contributed by atoms with Gasteiger partial charge in [0, 0.05) is 43.8 Å². The van der Waals surface area contributed by atoms with Crippen molar-refractivity contribution in [2.75, 3.05) is 0 Å². The van der Waals surface area contributed by atoms with Gasteiger partial charge in [-0.15, -0.1) is 0 Å². The topological polar surface area (TPSA) is 255 Å². The highest BCUT2D eigenvalue weighted by Crippen LogP contribution is 2.39. The summed E-state index contributed by atoms with van der Waals surface area (Å²) < 4.78 is 0. The average Bonchev–Trinajstić information content (AvgIpc) is 3.98. The van der Waals surface area contributed by atoms with Crippen LogP contribution < -0.4 is 17.1 Å². The van der Waals surface area contributed by atoms with E-state index in [1.54, 1.807) is 0 Å². The third-order valence-corrected chi connectivity index (χ3v) is 9.64. The minimum atomic E-state index is -0.351. The Morgan fingerprint density at radius 3 is 0.942 bits per heavy atom. The van der Waals surface area contributed by atoms with Gasteiger partial charge in [-0.3, -0.25) is 0 Å². The van der Waals surface area contributed by atoms with Crippen LogP contribution in [0.5, 0.6) is 0 Å². The first-order chi connectivity index (χ1) is 25.4. The fraction of sp³-hybridized carbons (Fsp3) is 0. The van der Waals surface area contributed by atoms with Crippen LogP contribution in [0.4, 0.5) is 0 Å². The van der Waals surface area contributed by atoms with Gasteiger partial charge in [0.2, 0.25) is 0 Å². The summed E-state index contributed by atoms with van der Waals surface area (Å²) in [6.07, 6.45) is 0. The fourth-order valence-corrected chi connectivity index (χ4v) is 7.33. The van der Waals surface area contributed by atoms with Gasteiger partial charge in [-0.2, -0.15) is 0 Å². The fourth-order valence-electron chi connectivity index (χ4n) is 7.33. The highest BCUT2D eigenvalue weighted by atomic mass is 16.1. The lowest BCUT2D eigenvalue weighted by Crippen LogP contribution is -1.99. The molecule has 0 aliphatic carbocycles. The maximum atomic E-state index is 12.3. The Morgan fingerprint density at radius 2 is 0.615 bits per heavy atom. The summed E-state index contributed by atoms with van der Waals surface area (Å²) in [5.74, 6) is 1.45. The number of rotatable bonds is 0. The van der Waals surface area contributed by atoms with Crippen LogP contribution in [0.2, 0.25) is 0 Å². The van der Waals surface area contributed by atoms with E-state index in [9.17, 15) is 14.4 Å². The number of aromatic nitrogens is 14. The molecule has 2 aliphatic rings. The van der Waals surface area contributed by atoms with E-state index in [2.05, 4.69) is 39.9 Å². The van der Waals surface area contributed by atoms with Crippen molar-refractivity contribution in [3.05, 3.63) is 92.1 Å². The van der Waals surface area contributed by atoms with Crippen LogP contribution in [0.25, 0.3) is 123 Å². The van der Waals surface area contributed by atoms with Gasteiger partial charge in [0.15, 0.2) is 23.3 Å². The first kappa shape index (κ1) is 26.9. The van der Waals surface area contributed by atoms with Crippen LogP contribution in [0.3, 0.4) is 0 Å². The first-order valence-electron chi connectivity index (χ1n) is 16.1. The zero-order valence-electron chi connectivity index (χ0n) is 26.2. The highest BCUT2D eigenvalue weighted by Gasteiger charge is 2.24. The molecule has 52 heavy (non-hydrogen) atoms. The third-order valence-electron chi connectivity index (χ3n) is 9.64. The molecule has 2 aliphatic heterocycles. The van der Waals surface area contributed by atoms with Crippen molar-refractivity contribution >= 4 is 77.2 Å². The van der Waals surface area contributed by atoms with Gasteiger partial charge in [-0.05, 0) is 36.4 Å².